The molecule has 0 bridgehead atoms. The molecular weight excluding hydrogens is 180 g/mol. The van der Waals surface area contributed by atoms with Crippen LogP contribution >= 0.6 is 0 Å². The van der Waals surface area contributed by atoms with Crippen LogP contribution in [0.5, 0.6) is 0 Å². The maximum absolute atomic E-state index is 11.4. The summed E-state index contributed by atoms with van der Waals surface area (Å²) in [5, 5.41) is 2.98. The van der Waals surface area contributed by atoms with Crippen LogP contribution in [0.1, 0.15) is 20.8 Å². The van der Waals surface area contributed by atoms with Gasteiger partial charge >= 0.3 is 5.97 Å². The van der Waals surface area contributed by atoms with E-state index in [4.69, 9.17) is 10.5 Å². The third-order valence-corrected chi connectivity index (χ3v) is 2.05. The van der Waals surface area contributed by atoms with Gasteiger partial charge in [-0.15, -0.1) is 0 Å². The zero-order chi connectivity index (χ0) is 10.7. The van der Waals surface area contributed by atoms with Crippen molar-refractivity contribution in [2.45, 2.75) is 26.8 Å². The van der Waals surface area contributed by atoms with Crippen LogP contribution in [0.15, 0.2) is 23.0 Å². The number of carbonyl (C=O) groups excluding carboxylic acids is 1. The molecular formula is C10H16N2O2. The van der Waals surface area contributed by atoms with E-state index < -0.39 is 0 Å². The van der Waals surface area contributed by atoms with Gasteiger partial charge in [-0.3, -0.25) is 0 Å². The summed E-state index contributed by atoms with van der Waals surface area (Å²) in [6.45, 7) is 5.96. The number of rotatable bonds is 2. The van der Waals surface area contributed by atoms with Crippen molar-refractivity contribution in [2.24, 2.45) is 5.73 Å². The normalized spacial score (nSPS) is 21.4. The van der Waals surface area contributed by atoms with E-state index in [2.05, 4.69) is 5.32 Å². The van der Waals surface area contributed by atoms with Crippen molar-refractivity contribution >= 4 is 5.97 Å². The van der Waals surface area contributed by atoms with Gasteiger partial charge in [-0.25, -0.2) is 4.79 Å². The van der Waals surface area contributed by atoms with E-state index in [9.17, 15) is 4.79 Å². The van der Waals surface area contributed by atoms with E-state index >= 15 is 0 Å². The number of dihydropyridines is 1. The molecule has 4 nitrogen and oxygen atoms in total. The third-order valence-electron chi connectivity index (χ3n) is 2.05. The van der Waals surface area contributed by atoms with Gasteiger partial charge in [-0.2, -0.15) is 0 Å². The van der Waals surface area contributed by atoms with E-state index in [1.54, 1.807) is 6.92 Å². The Morgan fingerprint density at radius 2 is 2.36 bits per heavy atom. The minimum atomic E-state index is -0.385. The molecule has 4 heteroatoms. The Bertz CT molecular complexity index is 305. The summed E-state index contributed by atoms with van der Waals surface area (Å²) in [5.41, 5.74) is 7.53. The Balaban J connectivity index is 2.91. The minimum Gasteiger partial charge on any atom is -0.461 e. The van der Waals surface area contributed by atoms with E-state index in [1.807, 2.05) is 19.9 Å². The van der Waals surface area contributed by atoms with Crippen molar-refractivity contribution < 1.29 is 9.53 Å². The molecule has 0 saturated heterocycles. The molecule has 3 N–H and O–H groups in total. The van der Waals surface area contributed by atoms with Crippen LogP contribution in [0.25, 0.3) is 0 Å². The van der Waals surface area contributed by atoms with Gasteiger partial charge in [-0.1, -0.05) is 6.08 Å². The molecule has 1 atom stereocenters. The first-order chi connectivity index (χ1) is 6.56. The second-order valence-electron chi connectivity index (χ2n) is 3.29. The second-order valence-corrected chi connectivity index (χ2v) is 3.29. The van der Waals surface area contributed by atoms with Gasteiger partial charge in [0.05, 0.1) is 12.3 Å². The minimum absolute atomic E-state index is 0.113. The van der Waals surface area contributed by atoms with Gasteiger partial charge < -0.3 is 15.8 Å². The number of allylic oxidation sites excluding steroid dienone is 1. The summed E-state index contributed by atoms with van der Waals surface area (Å²) in [4.78, 5) is 11.4. The Morgan fingerprint density at radius 1 is 1.71 bits per heavy atom. The molecule has 0 aromatic heterocycles. The molecule has 0 aromatic carbocycles. The molecule has 0 fully saturated rings. The lowest BCUT2D eigenvalue weighted by atomic mass is 10.1. The van der Waals surface area contributed by atoms with Crippen LogP contribution in [-0.2, 0) is 9.53 Å². The Hall–Kier alpha value is -1.45. The van der Waals surface area contributed by atoms with Gasteiger partial charge in [-0.05, 0) is 26.3 Å². The molecule has 0 saturated carbocycles. The maximum Gasteiger partial charge on any atom is 0.356 e. The smallest absolute Gasteiger partial charge is 0.356 e. The summed E-state index contributed by atoms with van der Waals surface area (Å²) in [7, 11) is 0. The van der Waals surface area contributed by atoms with Gasteiger partial charge in [0.1, 0.15) is 5.70 Å². The van der Waals surface area contributed by atoms with E-state index in [0.29, 0.717) is 18.0 Å². The van der Waals surface area contributed by atoms with Crippen molar-refractivity contribution in [3.05, 3.63) is 23.0 Å². The topological polar surface area (TPSA) is 64.3 Å². The van der Waals surface area contributed by atoms with Gasteiger partial charge in [0.25, 0.3) is 0 Å². The van der Waals surface area contributed by atoms with E-state index in [0.717, 1.165) is 5.57 Å². The van der Waals surface area contributed by atoms with E-state index in [-0.39, 0.29) is 12.0 Å². The molecule has 0 amide bonds. The molecule has 14 heavy (non-hydrogen) atoms. The number of nitrogens with one attached hydrogen (secondary N) is 1. The highest BCUT2D eigenvalue weighted by Gasteiger charge is 2.21. The Labute approximate surface area is 83.8 Å². The molecule has 0 radical (unpaired) electrons. The highest BCUT2D eigenvalue weighted by atomic mass is 16.5. The lowest BCUT2D eigenvalue weighted by Crippen LogP contribution is -2.35. The van der Waals surface area contributed by atoms with Crippen molar-refractivity contribution in [3.63, 3.8) is 0 Å². The molecule has 78 valence electrons. The number of hydrogen-bond acceptors (Lipinski definition) is 4. The molecule has 1 aliphatic rings. The number of esters is 1. The van der Waals surface area contributed by atoms with Crippen molar-refractivity contribution in [3.8, 4) is 0 Å². The first-order valence-electron chi connectivity index (χ1n) is 4.68. The summed E-state index contributed by atoms with van der Waals surface area (Å²) in [5.74, 6) is -0.385. The Morgan fingerprint density at radius 3 is 2.93 bits per heavy atom. The fourth-order valence-corrected chi connectivity index (χ4v) is 1.38. The lowest BCUT2D eigenvalue weighted by Gasteiger charge is -2.22. The molecule has 1 rings (SSSR count). The maximum atomic E-state index is 11.4. The summed E-state index contributed by atoms with van der Waals surface area (Å²) in [6, 6.07) is 0.113. The monoisotopic (exact) mass is 196 g/mol. The quantitative estimate of drug-likeness (QED) is 0.637. The fourth-order valence-electron chi connectivity index (χ4n) is 1.38. The highest BCUT2D eigenvalue weighted by Crippen LogP contribution is 2.15. The average molecular weight is 196 g/mol. The predicted octanol–water partition coefficient (Wildman–Crippen LogP) is 0.658. The first-order valence-corrected chi connectivity index (χ1v) is 4.68. The third kappa shape index (κ3) is 2.07. The predicted molar refractivity (Wildman–Crippen MR) is 54.2 cm³/mol. The highest BCUT2D eigenvalue weighted by molar-refractivity contribution is 5.90. The summed E-state index contributed by atoms with van der Waals surface area (Å²) < 4.78 is 4.88. The number of nitrogens with two attached hydrogens (primary N) is 1. The number of ether oxygens (including phenoxy) is 1. The van der Waals surface area contributed by atoms with Crippen LogP contribution < -0.4 is 11.1 Å². The van der Waals surface area contributed by atoms with Crippen molar-refractivity contribution in [1.29, 1.82) is 0 Å². The molecule has 0 aromatic rings. The standard InChI is InChI=1S/C10H16N2O2/c1-4-14-10(13)9-8(11)6(2)5-7(3)12-9/h5,7,12H,4,11H2,1-3H3. The van der Waals surface area contributed by atoms with Crippen LogP contribution in [0, 0.1) is 0 Å². The first kappa shape index (κ1) is 10.6. The van der Waals surface area contributed by atoms with Crippen molar-refractivity contribution in [2.75, 3.05) is 6.61 Å². The van der Waals surface area contributed by atoms with Crippen LogP contribution in [0.2, 0.25) is 0 Å². The molecule has 0 aliphatic carbocycles. The lowest BCUT2D eigenvalue weighted by molar-refractivity contribution is -0.139. The number of carbonyl (C=O) groups is 1. The Kier molecular flexibility index (Phi) is 3.17. The molecule has 0 spiro atoms. The van der Waals surface area contributed by atoms with E-state index in [1.165, 1.54) is 0 Å². The molecule has 1 unspecified atom stereocenters. The van der Waals surface area contributed by atoms with Gasteiger partial charge in [0.2, 0.25) is 0 Å². The largest absolute Gasteiger partial charge is 0.461 e. The number of hydrogen-bond donors (Lipinski definition) is 2. The van der Waals surface area contributed by atoms with Gasteiger partial charge in [0, 0.05) is 6.04 Å². The van der Waals surface area contributed by atoms with Gasteiger partial charge in [0.15, 0.2) is 0 Å². The summed E-state index contributed by atoms with van der Waals surface area (Å²) >= 11 is 0. The average Bonchev–Trinajstić information content (AvgIpc) is 2.11. The molecule has 1 aliphatic heterocycles. The zero-order valence-corrected chi connectivity index (χ0v) is 8.76. The fraction of sp³-hybridized carbons (Fsp3) is 0.500. The second kappa shape index (κ2) is 4.17. The van der Waals surface area contributed by atoms with Crippen molar-refractivity contribution in [1.82, 2.24) is 5.32 Å². The van der Waals surface area contributed by atoms with Crippen LogP contribution in [-0.4, -0.2) is 18.6 Å². The SMILES string of the molecule is CCOC(=O)C1=C(N)C(C)=CC(C)N1. The summed E-state index contributed by atoms with van der Waals surface area (Å²) in [6.07, 6.45) is 1.97. The molecule has 1 heterocycles. The van der Waals surface area contributed by atoms with Crippen LogP contribution in [0.4, 0.5) is 0 Å². The van der Waals surface area contributed by atoms with Crippen LogP contribution in [0.3, 0.4) is 0 Å². The zero-order valence-electron chi connectivity index (χ0n) is 8.76.